The molecular weight excluding hydrogens is 270 g/mol. The van der Waals surface area contributed by atoms with E-state index in [9.17, 15) is 9.59 Å². The van der Waals surface area contributed by atoms with Crippen molar-refractivity contribution in [3.63, 3.8) is 0 Å². The quantitative estimate of drug-likeness (QED) is 0.828. The fourth-order valence-corrected chi connectivity index (χ4v) is 2.65. The van der Waals surface area contributed by atoms with Crippen LogP contribution in [0.15, 0.2) is 42.5 Å². The zero-order chi connectivity index (χ0) is 14.4. The summed E-state index contributed by atoms with van der Waals surface area (Å²) in [5.74, 6) is -0.0477. The summed E-state index contributed by atoms with van der Waals surface area (Å²) in [7, 11) is 0. The Balaban J connectivity index is 1.74. The summed E-state index contributed by atoms with van der Waals surface area (Å²) in [5, 5.41) is 2.82. The highest BCUT2D eigenvalue weighted by atomic mass is 32.1. The van der Waals surface area contributed by atoms with Gasteiger partial charge in [-0.25, -0.2) is 0 Å². The van der Waals surface area contributed by atoms with E-state index in [4.69, 9.17) is 0 Å². The van der Waals surface area contributed by atoms with Crippen molar-refractivity contribution in [2.75, 3.05) is 0 Å². The molecule has 0 aliphatic carbocycles. The molecule has 0 unspecified atom stereocenters. The summed E-state index contributed by atoms with van der Waals surface area (Å²) >= 11 is 1.48. The maximum Gasteiger partial charge on any atom is 0.220 e. The van der Waals surface area contributed by atoms with Crippen molar-refractivity contribution in [3.8, 4) is 0 Å². The topological polar surface area (TPSA) is 46.2 Å². The van der Waals surface area contributed by atoms with Crippen molar-refractivity contribution in [3.05, 3.63) is 57.8 Å². The number of carbonyl (C=O) groups excluding carboxylic acids is 2. The summed E-state index contributed by atoms with van der Waals surface area (Å²) in [4.78, 5) is 25.4. The Kier molecular flexibility index (Phi) is 5.07. The third-order valence-electron chi connectivity index (χ3n) is 2.93. The molecule has 2 aromatic rings. The first-order valence-corrected chi connectivity index (χ1v) is 7.37. The predicted octanol–water partition coefficient (Wildman–Crippen LogP) is 3.34. The molecule has 0 saturated carbocycles. The molecule has 0 saturated heterocycles. The third kappa shape index (κ3) is 4.31. The second-order valence-electron chi connectivity index (χ2n) is 4.60. The normalized spacial score (nSPS) is 10.2. The smallest absolute Gasteiger partial charge is 0.220 e. The van der Waals surface area contributed by atoms with E-state index in [0.717, 1.165) is 15.3 Å². The van der Waals surface area contributed by atoms with E-state index in [0.29, 0.717) is 6.54 Å². The lowest BCUT2D eigenvalue weighted by Crippen LogP contribution is -2.23. The number of hydrogen-bond acceptors (Lipinski definition) is 3. The lowest BCUT2D eigenvalue weighted by atomic mass is 10.2. The van der Waals surface area contributed by atoms with Crippen LogP contribution in [0, 0.1) is 6.92 Å². The molecule has 0 atom stereocenters. The van der Waals surface area contributed by atoms with Gasteiger partial charge in [0, 0.05) is 24.3 Å². The fourth-order valence-electron chi connectivity index (χ4n) is 1.82. The van der Waals surface area contributed by atoms with Crippen LogP contribution in [0.2, 0.25) is 0 Å². The van der Waals surface area contributed by atoms with Crippen LogP contribution in [0.3, 0.4) is 0 Å². The SMILES string of the molecule is Cc1ccc(C(=O)CCC(=O)NCc2ccccc2)s1. The predicted molar refractivity (Wildman–Crippen MR) is 80.9 cm³/mol. The minimum atomic E-state index is -0.0875. The lowest BCUT2D eigenvalue weighted by molar-refractivity contribution is -0.121. The van der Waals surface area contributed by atoms with Crippen LogP contribution in [0.4, 0.5) is 0 Å². The molecule has 0 aliphatic heterocycles. The van der Waals surface area contributed by atoms with Gasteiger partial charge in [0.2, 0.25) is 5.91 Å². The Morgan fingerprint density at radius 3 is 2.45 bits per heavy atom. The third-order valence-corrected chi connectivity index (χ3v) is 3.97. The number of rotatable bonds is 6. The van der Waals surface area contributed by atoms with Crippen LogP contribution in [0.1, 0.15) is 33.0 Å². The highest BCUT2D eigenvalue weighted by molar-refractivity contribution is 7.14. The van der Waals surface area contributed by atoms with Gasteiger partial charge in [0.25, 0.3) is 0 Å². The summed E-state index contributed by atoms with van der Waals surface area (Å²) in [6.07, 6.45) is 0.503. The summed E-state index contributed by atoms with van der Waals surface area (Å²) in [6.45, 7) is 2.47. The van der Waals surface area contributed by atoms with Crippen LogP contribution in [0.25, 0.3) is 0 Å². The second kappa shape index (κ2) is 7.01. The first-order valence-electron chi connectivity index (χ1n) is 6.55. The van der Waals surface area contributed by atoms with Crippen LogP contribution < -0.4 is 5.32 Å². The Bertz CT molecular complexity index is 590. The minimum Gasteiger partial charge on any atom is -0.352 e. The first-order chi connectivity index (χ1) is 9.65. The molecule has 0 radical (unpaired) electrons. The molecule has 0 fully saturated rings. The van der Waals surface area contributed by atoms with Gasteiger partial charge in [0.15, 0.2) is 5.78 Å². The number of amides is 1. The largest absolute Gasteiger partial charge is 0.352 e. The van der Waals surface area contributed by atoms with Crippen LogP contribution in [0.5, 0.6) is 0 Å². The monoisotopic (exact) mass is 287 g/mol. The summed E-state index contributed by atoms with van der Waals surface area (Å²) in [6, 6.07) is 13.5. The molecule has 2 rings (SSSR count). The van der Waals surface area contributed by atoms with E-state index in [1.807, 2.05) is 49.4 Å². The molecule has 1 heterocycles. The number of nitrogens with one attached hydrogen (secondary N) is 1. The van der Waals surface area contributed by atoms with Gasteiger partial charge in [-0.05, 0) is 24.6 Å². The molecular formula is C16H17NO2S. The molecule has 4 heteroatoms. The van der Waals surface area contributed by atoms with E-state index in [2.05, 4.69) is 5.32 Å². The molecule has 1 amide bonds. The molecule has 0 spiro atoms. The number of aryl methyl sites for hydroxylation is 1. The molecule has 0 bridgehead atoms. The van der Waals surface area contributed by atoms with Crippen molar-refractivity contribution in [2.45, 2.75) is 26.3 Å². The Morgan fingerprint density at radius 2 is 1.80 bits per heavy atom. The first kappa shape index (κ1) is 14.5. The van der Waals surface area contributed by atoms with Gasteiger partial charge >= 0.3 is 0 Å². The average molecular weight is 287 g/mol. The Hall–Kier alpha value is -1.94. The highest BCUT2D eigenvalue weighted by Gasteiger charge is 2.10. The van der Waals surface area contributed by atoms with E-state index in [-0.39, 0.29) is 24.5 Å². The molecule has 104 valence electrons. The van der Waals surface area contributed by atoms with Crippen molar-refractivity contribution in [1.29, 1.82) is 0 Å². The van der Waals surface area contributed by atoms with Gasteiger partial charge in [0.1, 0.15) is 0 Å². The minimum absolute atomic E-state index is 0.0398. The summed E-state index contributed by atoms with van der Waals surface area (Å²) < 4.78 is 0. The Labute approximate surface area is 122 Å². The number of ketones is 1. The Morgan fingerprint density at radius 1 is 1.05 bits per heavy atom. The van der Waals surface area contributed by atoms with Gasteiger partial charge in [-0.3, -0.25) is 9.59 Å². The standard InChI is InChI=1S/C16H17NO2S/c1-12-7-9-15(20-12)14(18)8-10-16(19)17-11-13-5-3-2-4-6-13/h2-7,9H,8,10-11H2,1H3,(H,17,19). The maximum absolute atomic E-state index is 11.9. The van der Waals surface area contributed by atoms with E-state index in [1.54, 1.807) is 0 Å². The van der Waals surface area contributed by atoms with E-state index in [1.165, 1.54) is 11.3 Å². The zero-order valence-electron chi connectivity index (χ0n) is 11.4. The number of benzene rings is 1. The van der Waals surface area contributed by atoms with Crippen LogP contribution in [-0.4, -0.2) is 11.7 Å². The number of hydrogen-bond donors (Lipinski definition) is 1. The van der Waals surface area contributed by atoms with Crippen molar-refractivity contribution in [1.82, 2.24) is 5.32 Å². The molecule has 20 heavy (non-hydrogen) atoms. The van der Waals surface area contributed by atoms with Gasteiger partial charge in [-0.2, -0.15) is 0 Å². The van der Waals surface area contributed by atoms with Crippen molar-refractivity contribution < 1.29 is 9.59 Å². The van der Waals surface area contributed by atoms with Crippen LogP contribution in [-0.2, 0) is 11.3 Å². The van der Waals surface area contributed by atoms with Gasteiger partial charge in [-0.1, -0.05) is 30.3 Å². The van der Waals surface area contributed by atoms with Crippen molar-refractivity contribution in [2.24, 2.45) is 0 Å². The molecule has 1 aromatic carbocycles. The molecule has 0 aliphatic rings. The average Bonchev–Trinajstić information content (AvgIpc) is 2.90. The highest BCUT2D eigenvalue weighted by Crippen LogP contribution is 2.17. The molecule has 1 N–H and O–H groups in total. The van der Waals surface area contributed by atoms with E-state index >= 15 is 0 Å². The molecule has 1 aromatic heterocycles. The van der Waals surface area contributed by atoms with Gasteiger partial charge < -0.3 is 5.32 Å². The maximum atomic E-state index is 11.9. The van der Waals surface area contributed by atoms with E-state index < -0.39 is 0 Å². The summed E-state index contributed by atoms with van der Waals surface area (Å²) in [5.41, 5.74) is 1.06. The number of carbonyl (C=O) groups is 2. The van der Waals surface area contributed by atoms with Crippen molar-refractivity contribution >= 4 is 23.0 Å². The molecule has 3 nitrogen and oxygen atoms in total. The second-order valence-corrected chi connectivity index (χ2v) is 5.88. The lowest BCUT2D eigenvalue weighted by Gasteiger charge is -2.04. The van der Waals surface area contributed by atoms with Crippen LogP contribution >= 0.6 is 11.3 Å². The van der Waals surface area contributed by atoms with Gasteiger partial charge in [-0.15, -0.1) is 11.3 Å². The van der Waals surface area contributed by atoms with Gasteiger partial charge in [0.05, 0.1) is 4.88 Å². The number of Topliss-reactive ketones (excluding diaryl/α,β-unsaturated/α-hetero) is 1. The zero-order valence-corrected chi connectivity index (χ0v) is 12.2. The number of thiophene rings is 1. The fraction of sp³-hybridized carbons (Fsp3) is 0.250.